The van der Waals surface area contributed by atoms with Crippen LogP contribution in [-0.4, -0.2) is 17.6 Å². The minimum atomic E-state index is -0.488. The van der Waals surface area contributed by atoms with E-state index in [0.29, 0.717) is 5.75 Å². The van der Waals surface area contributed by atoms with Crippen molar-refractivity contribution in [2.24, 2.45) is 5.73 Å². The molecule has 0 radical (unpaired) electrons. The highest BCUT2D eigenvalue weighted by Gasteiger charge is 2.05. The quantitative estimate of drug-likeness (QED) is 0.790. The Morgan fingerprint density at radius 3 is 2.75 bits per heavy atom. The third-order valence-electron chi connectivity index (χ3n) is 2.29. The molecule has 4 nitrogen and oxygen atoms in total. The topological polar surface area (TPSA) is 72.6 Å². The Labute approximate surface area is 95.0 Å². The lowest BCUT2D eigenvalue weighted by Crippen LogP contribution is -2.14. The molecule has 1 atom stereocenters. The van der Waals surface area contributed by atoms with E-state index in [1.165, 1.54) is 0 Å². The zero-order valence-electron chi connectivity index (χ0n) is 9.56. The van der Waals surface area contributed by atoms with Gasteiger partial charge >= 0.3 is 0 Å². The average Bonchev–Trinajstić information content (AvgIpc) is 2.19. The molecule has 16 heavy (non-hydrogen) atoms. The maximum Gasteiger partial charge on any atom is 0.220 e. The fourth-order valence-corrected chi connectivity index (χ4v) is 1.36. The Morgan fingerprint density at radius 1 is 1.56 bits per heavy atom. The van der Waals surface area contributed by atoms with Crippen LogP contribution in [0, 0.1) is 6.92 Å². The van der Waals surface area contributed by atoms with Crippen molar-refractivity contribution >= 4 is 5.91 Å². The predicted octanol–water partition coefficient (Wildman–Crippen LogP) is 1.30. The molecule has 0 spiro atoms. The molecular weight excluding hydrogens is 206 g/mol. The Morgan fingerprint density at radius 2 is 2.25 bits per heavy atom. The van der Waals surface area contributed by atoms with E-state index in [1.807, 2.05) is 13.0 Å². The van der Waals surface area contributed by atoms with Gasteiger partial charge in [-0.25, -0.2) is 0 Å². The molecular formula is C12H17NO3. The van der Waals surface area contributed by atoms with E-state index in [4.69, 9.17) is 10.5 Å². The highest BCUT2D eigenvalue weighted by atomic mass is 16.5. The van der Waals surface area contributed by atoms with Crippen molar-refractivity contribution in [2.45, 2.75) is 26.4 Å². The van der Waals surface area contributed by atoms with Gasteiger partial charge in [-0.2, -0.15) is 0 Å². The summed E-state index contributed by atoms with van der Waals surface area (Å²) in [7, 11) is 0. The Hall–Kier alpha value is -1.55. The van der Waals surface area contributed by atoms with Gasteiger partial charge in [0.15, 0.2) is 0 Å². The standard InChI is InChI=1S/C12H17NO3/c1-8-7-10(9(2)14)3-4-11(8)16-6-5-12(13)15/h3-4,7,9,14H,5-6H2,1-2H3,(H2,13,15)/t9-/m0/s1. The molecule has 0 fully saturated rings. The Bertz CT molecular complexity index is 375. The summed E-state index contributed by atoms with van der Waals surface area (Å²) in [5.41, 5.74) is 6.79. The Balaban J connectivity index is 2.64. The van der Waals surface area contributed by atoms with Crippen molar-refractivity contribution in [1.29, 1.82) is 0 Å². The van der Waals surface area contributed by atoms with E-state index in [-0.39, 0.29) is 18.9 Å². The van der Waals surface area contributed by atoms with Crippen LogP contribution in [0.4, 0.5) is 0 Å². The fourth-order valence-electron chi connectivity index (χ4n) is 1.36. The smallest absolute Gasteiger partial charge is 0.220 e. The second-order valence-electron chi connectivity index (χ2n) is 3.77. The van der Waals surface area contributed by atoms with Gasteiger partial charge in [0.05, 0.1) is 19.1 Å². The first kappa shape index (κ1) is 12.5. The van der Waals surface area contributed by atoms with E-state index < -0.39 is 6.10 Å². The minimum absolute atomic E-state index is 0.206. The average molecular weight is 223 g/mol. The van der Waals surface area contributed by atoms with Gasteiger partial charge in [-0.3, -0.25) is 4.79 Å². The van der Waals surface area contributed by atoms with Gasteiger partial charge in [0.25, 0.3) is 0 Å². The van der Waals surface area contributed by atoms with Crippen LogP contribution in [0.2, 0.25) is 0 Å². The minimum Gasteiger partial charge on any atom is -0.493 e. The first-order valence-corrected chi connectivity index (χ1v) is 5.20. The van der Waals surface area contributed by atoms with Crippen LogP contribution in [0.5, 0.6) is 5.75 Å². The molecule has 1 aromatic carbocycles. The van der Waals surface area contributed by atoms with Crippen LogP contribution in [0.3, 0.4) is 0 Å². The van der Waals surface area contributed by atoms with E-state index in [2.05, 4.69) is 0 Å². The fraction of sp³-hybridized carbons (Fsp3) is 0.417. The molecule has 0 heterocycles. The van der Waals surface area contributed by atoms with Crippen molar-refractivity contribution in [2.75, 3.05) is 6.61 Å². The summed E-state index contributed by atoms with van der Waals surface area (Å²) in [6.45, 7) is 3.89. The van der Waals surface area contributed by atoms with E-state index in [0.717, 1.165) is 11.1 Å². The number of carbonyl (C=O) groups excluding carboxylic acids is 1. The summed E-state index contributed by atoms with van der Waals surface area (Å²) < 4.78 is 5.40. The van der Waals surface area contributed by atoms with Gasteiger partial charge in [-0.15, -0.1) is 0 Å². The number of amides is 1. The molecule has 0 aromatic heterocycles. The molecule has 0 saturated heterocycles. The number of hydrogen-bond acceptors (Lipinski definition) is 3. The summed E-state index contributed by atoms with van der Waals surface area (Å²) in [6.07, 6.45) is -0.282. The number of aliphatic hydroxyl groups is 1. The zero-order valence-corrected chi connectivity index (χ0v) is 9.56. The third kappa shape index (κ3) is 3.55. The molecule has 3 N–H and O–H groups in total. The predicted molar refractivity (Wildman–Crippen MR) is 61.1 cm³/mol. The number of hydrogen-bond donors (Lipinski definition) is 2. The molecule has 4 heteroatoms. The first-order chi connectivity index (χ1) is 7.50. The van der Waals surface area contributed by atoms with Crippen molar-refractivity contribution in [3.8, 4) is 5.75 Å². The van der Waals surface area contributed by atoms with Crippen LogP contribution in [0.25, 0.3) is 0 Å². The summed E-state index contributed by atoms with van der Waals surface area (Å²) >= 11 is 0. The summed E-state index contributed by atoms with van der Waals surface area (Å²) in [5.74, 6) is 0.337. The second-order valence-corrected chi connectivity index (χ2v) is 3.77. The lowest BCUT2D eigenvalue weighted by molar-refractivity contribution is -0.118. The van der Waals surface area contributed by atoms with Crippen LogP contribution < -0.4 is 10.5 Å². The lowest BCUT2D eigenvalue weighted by Gasteiger charge is -2.11. The number of carbonyl (C=O) groups is 1. The largest absolute Gasteiger partial charge is 0.493 e. The molecule has 0 saturated carbocycles. The van der Waals surface area contributed by atoms with Gasteiger partial charge < -0.3 is 15.6 Å². The SMILES string of the molecule is Cc1cc([C@H](C)O)ccc1OCCC(N)=O. The van der Waals surface area contributed by atoms with E-state index in [9.17, 15) is 9.90 Å². The summed E-state index contributed by atoms with van der Waals surface area (Å²) in [5, 5.41) is 9.39. The summed E-state index contributed by atoms with van der Waals surface area (Å²) in [4.78, 5) is 10.5. The third-order valence-corrected chi connectivity index (χ3v) is 2.29. The van der Waals surface area contributed by atoms with Gasteiger partial charge in [0, 0.05) is 0 Å². The van der Waals surface area contributed by atoms with E-state index >= 15 is 0 Å². The molecule has 1 rings (SSSR count). The normalized spacial score (nSPS) is 12.2. The van der Waals surface area contributed by atoms with Gasteiger partial charge in [0.1, 0.15) is 5.75 Å². The van der Waals surface area contributed by atoms with Gasteiger partial charge in [-0.1, -0.05) is 6.07 Å². The number of rotatable bonds is 5. The highest BCUT2D eigenvalue weighted by Crippen LogP contribution is 2.22. The van der Waals surface area contributed by atoms with Crippen molar-refractivity contribution in [1.82, 2.24) is 0 Å². The van der Waals surface area contributed by atoms with Crippen molar-refractivity contribution in [3.05, 3.63) is 29.3 Å². The van der Waals surface area contributed by atoms with Gasteiger partial charge in [-0.05, 0) is 37.1 Å². The summed E-state index contributed by atoms with van der Waals surface area (Å²) in [6, 6.07) is 5.46. The van der Waals surface area contributed by atoms with Crippen molar-refractivity contribution in [3.63, 3.8) is 0 Å². The molecule has 1 aromatic rings. The maximum atomic E-state index is 10.5. The van der Waals surface area contributed by atoms with Crippen LogP contribution in [0.15, 0.2) is 18.2 Å². The van der Waals surface area contributed by atoms with E-state index in [1.54, 1.807) is 19.1 Å². The molecule has 1 amide bonds. The molecule has 0 aliphatic rings. The zero-order chi connectivity index (χ0) is 12.1. The first-order valence-electron chi connectivity index (χ1n) is 5.20. The maximum absolute atomic E-state index is 10.5. The number of ether oxygens (including phenoxy) is 1. The molecule has 88 valence electrons. The van der Waals surface area contributed by atoms with Crippen LogP contribution >= 0.6 is 0 Å². The molecule has 0 aliphatic heterocycles. The van der Waals surface area contributed by atoms with Crippen LogP contribution in [-0.2, 0) is 4.79 Å². The lowest BCUT2D eigenvalue weighted by atomic mass is 10.1. The molecule has 0 aliphatic carbocycles. The molecule has 0 bridgehead atoms. The second kappa shape index (κ2) is 5.51. The highest BCUT2D eigenvalue weighted by molar-refractivity contribution is 5.73. The monoisotopic (exact) mass is 223 g/mol. The number of benzene rings is 1. The number of primary amides is 1. The Kier molecular flexibility index (Phi) is 4.31. The number of aryl methyl sites for hydroxylation is 1. The van der Waals surface area contributed by atoms with Gasteiger partial charge in [0.2, 0.25) is 5.91 Å². The number of aliphatic hydroxyl groups excluding tert-OH is 1. The number of nitrogens with two attached hydrogens (primary N) is 1. The van der Waals surface area contributed by atoms with Crippen molar-refractivity contribution < 1.29 is 14.6 Å². The van der Waals surface area contributed by atoms with Crippen LogP contribution in [0.1, 0.15) is 30.6 Å². The molecule has 0 unspecified atom stereocenters.